The van der Waals surface area contributed by atoms with E-state index in [0.29, 0.717) is 23.3 Å². The van der Waals surface area contributed by atoms with Gasteiger partial charge in [0.25, 0.3) is 9.05 Å². The maximum Gasteiger partial charge on any atom is 0.261 e. The zero-order chi connectivity index (χ0) is 14.7. The third-order valence-electron chi connectivity index (χ3n) is 2.75. The highest BCUT2D eigenvalue weighted by Crippen LogP contribution is 2.25. The highest BCUT2D eigenvalue weighted by molar-refractivity contribution is 8.13. The summed E-state index contributed by atoms with van der Waals surface area (Å²) in [6.07, 6.45) is 2.05. The Morgan fingerprint density at radius 2 is 1.89 bits per heavy atom. The lowest BCUT2D eigenvalue weighted by Gasteiger charge is -2.17. The molecule has 0 bridgehead atoms. The minimum Gasteiger partial charge on any atom is -0.494 e. The molecule has 0 unspecified atom stereocenters. The zero-order valence-corrected chi connectivity index (χ0v) is 13.4. The summed E-state index contributed by atoms with van der Waals surface area (Å²) < 4.78 is 28.1. The van der Waals surface area contributed by atoms with Crippen molar-refractivity contribution in [3.63, 3.8) is 0 Å². The summed E-state index contributed by atoms with van der Waals surface area (Å²) in [5.74, 6) is 0.676. The molecule has 0 aromatic heterocycles. The van der Waals surface area contributed by atoms with Gasteiger partial charge in [-0.2, -0.15) is 0 Å². The summed E-state index contributed by atoms with van der Waals surface area (Å²) in [5.41, 5.74) is 0.902. The average molecular weight is 305 g/mol. The van der Waals surface area contributed by atoms with E-state index in [1.54, 1.807) is 19.1 Å². The Bertz CT molecular complexity index is 530. The van der Waals surface area contributed by atoms with Crippen LogP contribution in [0.3, 0.4) is 0 Å². The van der Waals surface area contributed by atoms with Crippen LogP contribution in [-0.2, 0) is 9.05 Å². The fourth-order valence-electron chi connectivity index (χ4n) is 1.78. The Labute approximate surface area is 120 Å². The van der Waals surface area contributed by atoms with Crippen molar-refractivity contribution in [1.29, 1.82) is 0 Å². The second-order valence-corrected chi connectivity index (χ2v) is 8.41. The van der Waals surface area contributed by atoms with Gasteiger partial charge in [-0.05, 0) is 48.9 Å². The van der Waals surface area contributed by atoms with E-state index < -0.39 is 9.05 Å². The van der Waals surface area contributed by atoms with Gasteiger partial charge in [0.15, 0.2) is 0 Å². The first-order chi connectivity index (χ1) is 8.59. The molecule has 3 nitrogen and oxygen atoms in total. The molecular formula is C14H21ClO3S. The summed E-state index contributed by atoms with van der Waals surface area (Å²) in [7, 11) is 1.65. The molecule has 0 heterocycles. The Hall–Kier alpha value is -0.740. The van der Waals surface area contributed by atoms with E-state index in [0.717, 1.165) is 12.8 Å². The molecular weight excluding hydrogens is 284 g/mol. The molecule has 0 spiro atoms. The number of ether oxygens (including phenoxy) is 1. The van der Waals surface area contributed by atoms with Crippen molar-refractivity contribution in [3.05, 3.63) is 23.8 Å². The molecule has 0 fully saturated rings. The van der Waals surface area contributed by atoms with Crippen LogP contribution in [0.15, 0.2) is 23.1 Å². The SMILES string of the molecule is Cc1cc(OCCCC(C)(C)C)ccc1S(=O)(=O)Cl. The first-order valence-corrected chi connectivity index (χ1v) is 8.59. The van der Waals surface area contributed by atoms with Crippen LogP contribution in [0, 0.1) is 12.3 Å². The molecule has 0 radical (unpaired) electrons. The number of halogens is 1. The predicted octanol–water partition coefficient (Wildman–Crippen LogP) is 4.13. The summed E-state index contributed by atoms with van der Waals surface area (Å²) in [6, 6.07) is 4.82. The zero-order valence-electron chi connectivity index (χ0n) is 11.9. The van der Waals surface area contributed by atoms with Gasteiger partial charge in [0, 0.05) is 10.7 Å². The number of rotatable bonds is 5. The number of benzene rings is 1. The fourth-order valence-corrected chi connectivity index (χ4v) is 2.97. The highest BCUT2D eigenvalue weighted by Gasteiger charge is 2.14. The van der Waals surface area contributed by atoms with E-state index in [4.69, 9.17) is 15.4 Å². The molecule has 0 saturated heterocycles. The minimum absolute atomic E-state index is 0.135. The lowest BCUT2D eigenvalue weighted by molar-refractivity contribution is 0.269. The minimum atomic E-state index is -3.68. The molecule has 0 aliphatic heterocycles. The lowest BCUT2D eigenvalue weighted by atomic mass is 9.91. The molecule has 0 aliphatic carbocycles. The normalized spacial score (nSPS) is 12.5. The van der Waals surface area contributed by atoms with Crippen molar-refractivity contribution >= 4 is 19.7 Å². The quantitative estimate of drug-likeness (QED) is 0.607. The van der Waals surface area contributed by atoms with Crippen molar-refractivity contribution in [2.45, 2.75) is 45.4 Å². The van der Waals surface area contributed by atoms with Crippen molar-refractivity contribution < 1.29 is 13.2 Å². The molecule has 1 rings (SSSR count). The van der Waals surface area contributed by atoms with Crippen LogP contribution in [0.4, 0.5) is 0 Å². The molecule has 1 aromatic rings. The van der Waals surface area contributed by atoms with Crippen LogP contribution in [0.2, 0.25) is 0 Å². The summed E-state index contributed by atoms with van der Waals surface area (Å²) in [6.45, 7) is 8.91. The number of hydrogen-bond donors (Lipinski definition) is 0. The predicted molar refractivity (Wildman–Crippen MR) is 78.4 cm³/mol. The van der Waals surface area contributed by atoms with Gasteiger partial charge in [0.2, 0.25) is 0 Å². The third kappa shape index (κ3) is 5.83. The van der Waals surface area contributed by atoms with E-state index in [1.165, 1.54) is 6.07 Å². The average Bonchev–Trinajstić information content (AvgIpc) is 2.21. The maximum absolute atomic E-state index is 11.3. The van der Waals surface area contributed by atoms with Gasteiger partial charge < -0.3 is 4.74 Å². The Morgan fingerprint density at radius 3 is 2.37 bits per heavy atom. The highest BCUT2D eigenvalue weighted by atomic mass is 35.7. The van der Waals surface area contributed by atoms with Crippen LogP contribution in [-0.4, -0.2) is 15.0 Å². The van der Waals surface area contributed by atoms with Crippen molar-refractivity contribution in [2.24, 2.45) is 5.41 Å². The number of hydrogen-bond acceptors (Lipinski definition) is 3. The largest absolute Gasteiger partial charge is 0.494 e. The molecule has 0 aliphatic rings. The van der Waals surface area contributed by atoms with Crippen molar-refractivity contribution in [1.82, 2.24) is 0 Å². The van der Waals surface area contributed by atoms with E-state index >= 15 is 0 Å². The Morgan fingerprint density at radius 1 is 1.26 bits per heavy atom. The van der Waals surface area contributed by atoms with Gasteiger partial charge in [-0.25, -0.2) is 8.42 Å². The lowest BCUT2D eigenvalue weighted by Crippen LogP contribution is -2.08. The number of aryl methyl sites for hydroxylation is 1. The van der Waals surface area contributed by atoms with E-state index in [1.807, 2.05) is 0 Å². The molecule has 1 aromatic carbocycles. The first kappa shape index (κ1) is 16.3. The van der Waals surface area contributed by atoms with Crippen LogP contribution < -0.4 is 4.74 Å². The summed E-state index contributed by atoms with van der Waals surface area (Å²) in [5, 5.41) is 0. The molecule has 19 heavy (non-hydrogen) atoms. The van der Waals surface area contributed by atoms with Crippen molar-refractivity contribution in [3.8, 4) is 5.75 Å². The second-order valence-electron chi connectivity index (χ2n) is 5.88. The van der Waals surface area contributed by atoms with E-state index in [-0.39, 0.29) is 4.90 Å². The van der Waals surface area contributed by atoms with Gasteiger partial charge in [-0.1, -0.05) is 20.8 Å². The van der Waals surface area contributed by atoms with Gasteiger partial charge >= 0.3 is 0 Å². The monoisotopic (exact) mass is 304 g/mol. The molecule has 0 N–H and O–H groups in total. The molecule has 108 valence electrons. The van der Waals surface area contributed by atoms with Gasteiger partial charge in [-0.3, -0.25) is 0 Å². The van der Waals surface area contributed by atoms with Gasteiger partial charge in [0.1, 0.15) is 5.75 Å². The molecule has 0 saturated carbocycles. The third-order valence-corrected chi connectivity index (χ3v) is 4.23. The second kappa shape index (κ2) is 6.14. The van der Waals surface area contributed by atoms with Crippen molar-refractivity contribution in [2.75, 3.05) is 6.61 Å². The van der Waals surface area contributed by atoms with Crippen LogP contribution in [0.25, 0.3) is 0 Å². The van der Waals surface area contributed by atoms with Crippen LogP contribution in [0.5, 0.6) is 5.75 Å². The molecule has 0 atom stereocenters. The van der Waals surface area contributed by atoms with Gasteiger partial charge in [-0.15, -0.1) is 0 Å². The Balaban J connectivity index is 2.60. The summed E-state index contributed by atoms with van der Waals surface area (Å²) in [4.78, 5) is 0.135. The molecule has 0 amide bonds. The standard InChI is InChI=1S/C14H21ClO3S/c1-11-10-12(6-7-13(11)19(15,16)17)18-9-5-8-14(2,3)4/h6-7,10H,5,8-9H2,1-4H3. The smallest absolute Gasteiger partial charge is 0.261 e. The maximum atomic E-state index is 11.3. The topological polar surface area (TPSA) is 43.4 Å². The van der Waals surface area contributed by atoms with Crippen LogP contribution >= 0.6 is 10.7 Å². The van der Waals surface area contributed by atoms with Crippen LogP contribution in [0.1, 0.15) is 39.2 Å². The van der Waals surface area contributed by atoms with E-state index in [2.05, 4.69) is 20.8 Å². The molecule has 5 heteroatoms. The van der Waals surface area contributed by atoms with Gasteiger partial charge in [0.05, 0.1) is 11.5 Å². The fraction of sp³-hybridized carbons (Fsp3) is 0.571. The Kier molecular flexibility index (Phi) is 5.27. The summed E-state index contributed by atoms with van der Waals surface area (Å²) >= 11 is 0. The first-order valence-electron chi connectivity index (χ1n) is 6.28. The van der Waals surface area contributed by atoms with E-state index in [9.17, 15) is 8.42 Å².